The number of carbonyl (C=O) groups excluding carboxylic acids is 1. The molecule has 0 aliphatic carbocycles. The zero-order chi connectivity index (χ0) is 15.2. The molecule has 0 bridgehead atoms. The van der Waals surface area contributed by atoms with Crippen LogP contribution in [0.5, 0.6) is 11.5 Å². The predicted molar refractivity (Wildman–Crippen MR) is 77.1 cm³/mol. The van der Waals surface area contributed by atoms with Crippen molar-refractivity contribution in [2.45, 2.75) is 45.4 Å². The highest BCUT2D eigenvalue weighted by Crippen LogP contribution is 2.49. The van der Waals surface area contributed by atoms with Crippen LogP contribution in [-0.4, -0.2) is 23.7 Å². The first kappa shape index (κ1) is 15.4. The van der Waals surface area contributed by atoms with Crippen LogP contribution in [-0.2, 0) is 4.74 Å². The molecule has 1 aromatic rings. The minimum Gasteiger partial charge on any atom is -0.478 e. The van der Waals surface area contributed by atoms with E-state index in [1.54, 1.807) is 6.07 Å². The summed E-state index contributed by atoms with van der Waals surface area (Å²) in [5, 5.41) is 9.13. The van der Waals surface area contributed by atoms with Crippen molar-refractivity contribution in [1.29, 1.82) is 0 Å². The molecule has 0 fully saturated rings. The quantitative estimate of drug-likeness (QED) is 0.429. The van der Waals surface area contributed by atoms with E-state index in [1.165, 1.54) is 25.3 Å². The molecule has 0 amide bonds. The van der Waals surface area contributed by atoms with E-state index in [4.69, 9.17) is 14.6 Å². The fourth-order valence-corrected chi connectivity index (χ4v) is 2.24. The molecular weight excluding hydrogens is 272 g/mol. The highest BCUT2D eigenvalue weighted by Gasteiger charge is 2.33. The molecule has 0 saturated carbocycles. The van der Waals surface area contributed by atoms with Gasteiger partial charge in [-0.3, -0.25) is 0 Å². The van der Waals surface area contributed by atoms with Crippen LogP contribution in [0, 0.1) is 0 Å². The highest BCUT2D eigenvalue weighted by atomic mass is 16.6. The summed E-state index contributed by atoms with van der Waals surface area (Å²) >= 11 is 0. The maximum Gasteiger partial charge on any atom is 0.340 e. The van der Waals surface area contributed by atoms with Crippen molar-refractivity contribution in [1.82, 2.24) is 0 Å². The average Bonchev–Trinajstić information content (AvgIpc) is 3.24. The topological polar surface area (TPSA) is 76.1 Å². The van der Waals surface area contributed by atoms with Crippen LogP contribution < -0.4 is 4.74 Å². The van der Waals surface area contributed by atoms with Crippen molar-refractivity contribution in [3.05, 3.63) is 23.3 Å². The molecule has 1 aromatic carbocycles. The number of hydrogen-bond acceptors (Lipinski definition) is 4. The van der Waals surface area contributed by atoms with Gasteiger partial charge in [0, 0.05) is 0 Å². The summed E-state index contributed by atoms with van der Waals surface area (Å²) in [6, 6.07) is 3.03. The number of rotatable bonds is 9. The van der Waals surface area contributed by atoms with Gasteiger partial charge in [0.05, 0.1) is 12.2 Å². The minimum atomic E-state index is -1.17. The number of esters is 1. The number of benzene rings is 1. The summed E-state index contributed by atoms with van der Waals surface area (Å²) in [5.74, 6) is -0.980. The van der Waals surface area contributed by atoms with Crippen LogP contribution in [0.4, 0.5) is 0 Å². The third kappa shape index (κ3) is 3.97. The Morgan fingerprint density at radius 3 is 2.57 bits per heavy atom. The average molecular weight is 292 g/mol. The van der Waals surface area contributed by atoms with E-state index < -0.39 is 11.9 Å². The predicted octanol–water partition coefficient (Wildman–Crippen LogP) is 4.01. The maximum atomic E-state index is 11.9. The van der Waals surface area contributed by atoms with Gasteiger partial charge >= 0.3 is 11.9 Å². The third-order valence-corrected chi connectivity index (χ3v) is 3.46. The SMILES string of the molecule is CCCCCCCCOC(=O)c1ccc2c(c1C(=O)O)O2. The molecule has 0 atom stereocenters. The zero-order valence-electron chi connectivity index (χ0n) is 12.2. The Morgan fingerprint density at radius 1 is 1.14 bits per heavy atom. The number of ether oxygens (including phenoxy) is 2. The van der Waals surface area contributed by atoms with Crippen molar-refractivity contribution in [3.8, 4) is 11.5 Å². The highest BCUT2D eigenvalue weighted by molar-refractivity contribution is 6.06. The first-order valence-corrected chi connectivity index (χ1v) is 7.40. The van der Waals surface area contributed by atoms with Gasteiger partial charge in [-0.2, -0.15) is 0 Å². The fraction of sp³-hybridized carbons (Fsp3) is 0.500. The normalized spacial score (nSPS) is 11.5. The van der Waals surface area contributed by atoms with Gasteiger partial charge in [0.25, 0.3) is 0 Å². The number of carboxylic acids is 1. The monoisotopic (exact) mass is 292 g/mol. The van der Waals surface area contributed by atoms with E-state index in [0.29, 0.717) is 12.4 Å². The lowest BCUT2D eigenvalue weighted by Crippen LogP contribution is -2.11. The van der Waals surface area contributed by atoms with Gasteiger partial charge in [-0.1, -0.05) is 39.0 Å². The van der Waals surface area contributed by atoms with Crippen LogP contribution in [0.3, 0.4) is 0 Å². The third-order valence-electron chi connectivity index (χ3n) is 3.46. The van der Waals surface area contributed by atoms with Crippen LogP contribution in [0.1, 0.15) is 66.2 Å². The van der Waals surface area contributed by atoms with Gasteiger partial charge in [-0.25, -0.2) is 9.59 Å². The van der Waals surface area contributed by atoms with Gasteiger partial charge in [0.2, 0.25) is 0 Å². The summed E-state index contributed by atoms with van der Waals surface area (Å²) in [5.41, 5.74) is -0.0369. The second-order valence-electron chi connectivity index (χ2n) is 5.13. The summed E-state index contributed by atoms with van der Waals surface area (Å²) in [6.07, 6.45) is 6.60. The van der Waals surface area contributed by atoms with Crippen molar-refractivity contribution in [3.63, 3.8) is 0 Å². The maximum absolute atomic E-state index is 11.9. The Balaban J connectivity index is 1.80. The van der Waals surface area contributed by atoms with Crippen molar-refractivity contribution >= 4 is 11.9 Å². The van der Waals surface area contributed by atoms with Gasteiger partial charge in [0.15, 0.2) is 11.5 Å². The first-order valence-electron chi connectivity index (χ1n) is 7.40. The lowest BCUT2D eigenvalue weighted by atomic mass is 10.1. The second-order valence-corrected chi connectivity index (χ2v) is 5.13. The summed E-state index contributed by atoms with van der Waals surface area (Å²) in [7, 11) is 0. The Kier molecular flexibility index (Phi) is 5.20. The van der Waals surface area contributed by atoms with Crippen LogP contribution in [0.15, 0.2) is 12.1 Å². The van der Waals surface area contributed by atoms with Gasteiger partial charge in [-0.05, 0) is 18.6 Å². The van der Waals surface area contributed by atoms with Gasteiger partial charge in [0.1, 0.15) is 5.56 Å². The summed E-state index contributed by atoms with van der Waals surface area (Å²) < 4.78 is 10.2. The molecule has 0 radical (unpaired) electrons. The minimum absolute atomic E-state index is 0.0599. The van der Waals surface area contributed by atoms with E-state index >= 15 is 0 Å². The molecule has 0 unspecified atom stereocenters. The van der Waals surface area contributed by atoms with Crippen LogP contribution in [0.2, 0.25) is 0 Å². The van der Waals surface area contributed by atoms with Crippen LogP contribution >= 0.6 is 0 Å². The molecule has 2 rings (SSSR count). The Bertz CT molecular complexity index is 536. The van der Waals surface area contributed by atoms with E-state index in [1.807, 2.05) is 0 Å². The molecule has 1 aliphatic heterocycles. The molecule has 21 heavy (non-hydrogen) atoms. The molecule has 1 heterocycles. The van der Waals surface area contributed by atoms with Gasteiger partial charge in [-0.15, -0.1) is 0 Å². The number of carbonyl (C=O) groups is 2. The Morgan fingerprint density at radius 2 is 1.86 bits per heavy atom. The van der Waals surface area contributed by atoms with E-state index in [9.17, 15) is 9.59 Å². The molecule has 0 saturated heterocycles. The molecule has 1 N–H and O–H groups in total. The molecule has 114 valence electrons. The van der Waals surface area contributed by atoms with Crippen molar-refractivity contribution in [2.24, 2.45) is 0 Å². The molecular formula is C16H20O5. The Labute approximate surface area is 123 Å². The van der Waals surface area contributed by atoms with Crippen molar-refractivity contribution in [2.75, 3.05) is 6.61 Å². The number of unbranched alkanes of at least 4 members (excludes halogenated alkanes) is 5. The summed E-state index contributed by atoms with van der Waals surface area (Å²) in [4.78, 5) is 23.1. The molecule has 0 spiro atoms. The number of fused-ring (bicyclic) bond motifs is 1. The number of hydrogen-bond donors (Lipinski definition) is 1. The van der Waals surface area contributed by atoms with Crippen molar-refractivity contribution < 1.29 is 24.2 Å². The lowest BCUT2D eigenvalue weighted by molar-refractivity contribution is 0.0487. The number of carboxylic acid groups (broad SMARTS) is 1. The second kappa shape index (κ2) is 7.11. The zero-order valence-corrected chi connectivity index (χ0v) is 12.2. The lowest BCUT2D eigenvalue weighted by Gasteiger charge is -2.06. The smallest absolute Gasteiger partial charge is 0.340 e. The largest absolute Gasteiger partial charge is 0.478 e. The molecule has 5 nitrogen and oxygen atoms in total. The molecule has 0 aromatic heterocycles. The first-order chi connectivity index (χ1) is 10.1. The van der Waals surface area contributed by atoms with Gasteiger partial charge < -0.3 is 14.6 Å². The van der Waals surface area contributed by atoms with E-state index in [0.717, 1.165) is 19.3 Å². The summed E-state index contributed by atoms with van der Waals surface area (Å²) in [6.45, 7) is 2.49. The molecule has 5 heteroatoms. The van der Waals surface area contributed by atoms with E-state index in [2.05, 4.69) is 6.92 Å². The molecule has 1 aliphatic rings. The standard InChI is InChI=1S/C16H20O5/c1-2-3-4-5-6-7-10-20-16(19)11-8-9-12-14(21-12)13(11)15(17)18/h8-9H,2-7,10H2,1H3,(H,17,18). The fourth-order valence-electron chi connectivity index (χ4n) is 2.24. The number of aromatic carboxylic acids is 1. The van der Waals surface area contributed by atoms with E-state index in [-0.39, 0.29) is 16.9 Å². The Hall–Kier alpha value is -2.04. The van der Waals surface area contributed by atoms with Crippen LogP contribution in [0.25, 0.3) is 0 Å².